The van der Waals surface area contributed by atoms with Crippen LogP contribution >= 0.6 is 27.7 Å². The highest BCUT2D eigenvalue weighted by atomic mass is 79.9. The van der Waals surface area contributed by atoms with E-state index in [1.807, 2.05) is 0 Å². The minimum Gasteiger partial charge on any atom is -0.129 e. The molecule has 2 heteroatoms. The van der Waals surface area contributed by atoms with E-state index in [1.165, 1.54) is 15.7 Å². The average Bonchev–Trinajstić information content (AvgIpc) is 2.16. The van der Waals surface area contributed by atoms with Gasteiger partial charge in [0.25, 0.3) is 0 Å². The molecule has 0 bridgehead atoms. The molecule has 0 nitrogen and oxygen atoms in total. The lowest BCUT2D eigenvalue weighted by Crippen LogP contribution is -1.77. The molecule has 0 aliphatic carbocycles. The van der Waals surface area contributed by atoms with Crippen molar-refractivity contribution in [2.45, 2.75) is 4.90 Å². The first-order chi connectivity index (χ1) is 6.31. The lowest BCUT2D eigenvalue weighted by molar-refractivity contribution is 1.52. The van der Waals surface area contributed by atoms with Crippen molar-refractivity contribution >= 4 is 38.5 Å². The molecule has 2 aromatic rings. The van der Waals surface area contributed by atoms with Crippen molar-refractivity contribution in [1.29, 1.82) is 0 Å². The molecule has 0 aliphatic heterocycles. The van der Waals surface area contributed by atoms with Crippen LogP contribution in [0.25, 0.3) is 10.8 Å². The lowest BCUT2D eigenvalue weighted by Gasteiger charge is -2.04. The Morgan fingerprint density at radius 2 is 1.92 bits per heavy atom. The maximum Gasteiger partial charge on any atom is 0.0192 e. The third kappa shape index (κ3) is 1.74. The number of fused-ring (bicyclic) bond motifs is 1. The molecule has 0 radical (unpaired) electrons. The molecule has 2 rings (SSSR count). The molecule has 0 unspecified atom stereocenters. The van der Waals surface area contributed by atoms with Crippen LogP contribution in [0.4, 0.5) is 0 Å². The Kier molecular flexibility index (Phi) is 2.61. The number of hydrogen-bond acceptors (Lipinski definition) is 1. The summed E-state index contributed by atoms with van der Waals surface area (Å²) < 4.78 is 1.15. The van der Waals surface area contributed by atoms with E-state index in [9.17, 15) is 0 Å². The van der Waals surface area contributed by atoms with Gasteiger partial charge in [0.05, 0.1) is 0 Å². The summed E-state index contributed by atoms with van der Waals surface area (Å²) in [4.78, 5) is 1.32. The maximum absolute atomic E-state index is 3.51. The van der Waals surface area contributed by atoms with Gasteiger partial charge in [-0.25, -0.2) is 0 Å². The van der Waals surface area contributed by atoms with E-state index in [2.05, 4.69) is 58.6 Å². The largest absolute Gasteiger partial charge is 0.129 e. The summed E-state index contributed by atoms with van der Waals surface area (Å²) in [6.07, 6.45) is 2.11. The highest BCUT2D eigenvalue weighted by Crippen LogP contribution is 2.29. The van der Waals surface area contributed by atoms with Crippen molar-refractivity contribution in [3.8, 4) is 0 Å². The molecule has 66 valence electrons. The number of hydrogen-bond donors (Lipinski definition) is 0. The van der Waals surface area contributed by atoms with E-state index in [1.54, 1.807) is 11.8 Å². The second kappa shape index (κ2) is 3.72. The zero-order valence-electron chi connectivity index (χ0n) is 7.25. The number of benzene rings is 2. The van der Waals surface area contributed by atoms with Crippen LogP contribution in [-0.2, 0) is 0 Å². The topological polar surface area (TPSA) is 0 Å². The fraction of sp³-hybridized carbons (Fsp3) is 0.0909. The van der Waals surface area contributed by atoms with Crippen molar-refractivity contribution < 1.29 is 0 Å². The van der Waals surface area contributed by atoms with Gasteiger partial charge in [0.15, 0.2) is 0 Å². The minimum absolute atomic E-state index is 1.15. The molecule has 0 heterocycles. The molecular weight excluding hydrogens is 244 g/mol. The summed E-state index contributed by atoms with van der Waals surface area (Å²) >= 11 is 5.29. The summed E-state index contributed by atoms with van der Waals surface area (Å²) in [7, 11) is 0. The van der Waals surface area contributed by atoms with Gasteiger partial charge in [-0.05, 0) is 29.2 Å². The molecule has 0 amide bonds. The fourth-order valence-electron chi connectivity index (χ4n) is 1.41. The highest BCUT2D eigenvalue weighted by Gasteiger charge is 2.00. The van der Waals surface area contributed by atoms with Crippen LogP contribution in [0.15, 0.2) is 45.8 Å². The van der Waals surface area contributed by atoms with Crippen LogP contribution in [-0.4, -0.2) is 6.26 Å². The Morgan fingerprint density at radius 3 is 2.69 bits per heavy atom. The predicted molar refractivity (Wildman–Crippen MR) is 63.4 cm³/mol. The zero-order valence-corrected chi connectivity index (χ0v) is 9.65. The Labute approximate surface area is 90.5 Å². The van der Waals surface area contributed by atoms with Crippen molar-refractivity contribution in [2.24, 2.45) is 0 Å². The first-order valence-electron chi connectivity index (χ1n) is 4.03. The molecule has 0 aromatic heterocycles. The second-order valence-corrected chi connectivity index (χ2v) is 4.59. The minimum atomic E-state index is 1.15. The molecule has 0 spiro atoms. The molecule has 0 atom stereocenters. The fourth-order valence-corrected chi connectivity index (χ4v) is 2.69. The van der Waals surface area contributed by atoms with Gasteiger partial charge < -0.3 is 0 Å². The van der Waals surface area contributed by atoms with Crippen molar-refractivity contribution in [2.75, 3.05) is 6.26 Å². The normalized spacial score (nSPS) is 10.6. The molecule has 0 N–H and O–H groups in total. The Morgan fingerprint density at radius 1 is 1.15 bits per heavy atom. The van der Waals surface area contributed by atoms with Crippen LogP contribution in [0.2, 0.25) is 0 Å². The smallest absolute Gasteiger partial charge is 0.0192 e. The van der Waals surface area contributed by atoms with Crippen molar-refractivity contribution in [3.05, 3.63) is 40.9 Å². The average molecular weight is 253 g/mol. The van der Waals surface area contributed by atoms with E-state index in [0.29, 0.717) is 0 Å². The van der Waals surface area contributed by atoms with E-state index in [0.717, 1.165) is 4.47 Å². The highest BCUT2D eigenvalue weighted by molar-refractivity contribution is 9.10. The number of rotatable bonds is 1. The molecular formula is C11H9BrS. The second-order valence-electron chi connectivity index (χ2n) is 2.83. The molecule has 2 aromatic carbocycles. The van der Waals surface area contributed by atoms with Gasteiger partial charge in [-0.15, -0.1) is 11.8 Å². The van der Waals surface area contributed by atoms with Crippen LogP contribution in [0.3, 0.4) is 0 Å². The van der Waals surface area contributed by atoms with E-state index >= 15 is 0 Å². The summed E-state index contributed by atoms with van der Waals surface area (Å²) in [5, 5.41) is 2.62. The number of halogens is 1. The van der Waals surface area contributed by atoms with Gasteiger partial charge in [-0.2, -0.15) is 0 Å². The number of thioether (sulfide) groups is 1. The Balaban J connectivity index is 2.81. The van der Waals surface area contributed by atoms with Crippen molar-refractivity contribution in [1.82, 2.24) is 0 Å². The van der Waals surface area contributed by atoms with Crippen LogP contribution in [0.1, 0.15) is 0 Å². The Bertz CT molecular complexity index is 437. The monoisotopic (exact) mass is 252 g/mol. The van der Waals surface area contributed by atoms with E-state index < -0.39 is 0 Å². The zero-order chi connectivity index (χ0) is 9.26. The van der Waals surface area contributed by atoms with Gasteiger partial charge in [0, 0.05) is 9.37 Å². The summed E-state index contributed by atoms with van der Waals surface area (Å²) in [5.74, 6) is 0. The van der Waals surface area contributed by atoms with Gasteiger partial charge in [-0.1, -0.05) is 40.2 Å². The van der Waals surface area contributed by atoms with Crippen LogP contribution < -0.4 is 0 Å². The molecule has 0 aliphatic rings. The summed E-state index contributed by atoms with van der Waals surface area (Å²) in [5.41, 5.74) is 0. The summed E-state index contributed by atoms with van der Waals surface area (Å²) in [6, 6.07) is 12.8. The predicted octanol–water partition coefficient (Wildman–Crippen LogP) is 4.32. The standard InChI is InChI=1S/C11H9BrS/c1-13-11-7-9(12)6-8-4-2-3-5-10(8)11/h2-7H,1H3. The van der Waals surface area contributed by atoms with Gasteiger partial charge in [0.2, 0.25) is 0 Å². The van der Waals surface area contributed by atoms with Gasteiger partial charge >= 0.3 is 0 Å². The summed E-state index contributed by atoms with van der Waals surface area (Å²) in [6.45, 7) is 0. The molecule has 13 heavy (non-hydrogen) atoms. The Hall–Kier alpha value is -0.470. The molecule has 0 fully saturated rings. The first kappa shape index (κ1) is 9.10. The maximum atomic E-state index is 3.51. The quantitative estimate of drug-likeness (QED) is 0.682. The third-order valence-corrected chi connectivity index (χ3v) is 3.24. The molecule has 0 saturated heterocycles. The lowest BCUT2D eigenvalue weighted by atomic mass is 10.1. The van der Waals surface area contributed by atoms with Crippen LogP contribution in [0, 0.1) is 0 Å². The van der Waals surface area contributed by atoms with E-state index in [-0.39, 0.29) is 0 Å². The van der Waals surface area contributed by atoms with Crippen LogP contribution in [0.5, 0.6) is 0 Å². The van der Waals surface area contributed by atoms with Gasteiger partial charge in [0.1, 0.15) is 0 Å². The third-order valence-electron chi connectivity index (χ3n) is 2.01. The van der Waals surface area contributed by atoms with Crippen molar-refractivity contribution in [3.63, 3.8) is 0 Å². The van der Waals surface area contributed by atoms with Gasteiger partial charge in [-0.3, -0.25) is 0 Å². The molecule has 0 saturated carbocycles. The van der Waals surface area contributed by atoms with E-state index in [4.69, 9.17) is 0 Å². The SMILES string of the molecule is CSc1cc(Br)cc2ccccc12. The first-order valence-corrected chi connectivity index (χ1v) is 6.05.